The van der Waals surface area contributed by atoms with Gasteiger partial charge in [0, 0.05) is 5.56 Å². The molecule has 0 amide bonds. The van der Waals surface area contributed by atoms with Gasteiger partial charge in [-0.25, -0.2) is 4.39 Å². The van der Waals surface area contributed by atoms with Crippen LogP contribution in [0, 0.1) is 18.7 Å². The van der Waals surface area contributed by atoms with Gasteiger partial charge in [-0.2, -0.15) is 4.98 Å². The molecule has 0 bridgehead atoms. The topological polar surface area (TPSA) is 64.9 Å². The summed E-state index contributed by atoms with van der Waals surface area (Å²) in [5.74, 6) is 0.628. The number of rotatable bonds is 3. The van der Waals surface area contributed by atoms with Crippen molar-refractivity contribution in [1.29, 1.82) is 0 Å². The number of nitrogens with two attached hydrogens (primary N) is 1. The van der Waals surface area contributed by atoms with Gasteiger partial charge in [0.25, 0.3) is 0 Å². The van der Waals surface area contributed by atoms with Crippen molar-refractivity contribution < 1.29 is 8.91 Å². The van der Waals surface area contributed by atoms with Crippen LogP contribution in [0.25, 0.3) is 11.4 Å². The molecule has 2 rings (SSSR count). The molecule has 1 heterocycles. The minimum absolute atomic E-state index is 0.201. The van der Waals surface area contributed by atoms with E-state index in [9.17, 15) is 4.39 Å². The zero-order valence-electron chi connectivity index (χ0n) is 10.6. The molecule has 0 saturated carbocycles. The monoisotopic (exact) mass is 249 g/mol. The zero-order chi connectivity index (χ0) is 13.3. The number of hydrogen-bond acceptors (Lipinski definition) is 4. The molecular weight excluding hydrogens is 233 g/mol. The van der Waals surface area contributed by atoms with Gasteiger partial charge in [0.15, 0.2) is 0 Å². The van der Waals surface area contributed by atoms with E-state index in [1.54, 1.807) is 6.07 Å². The van der Waals surface area contributed by atoms with Gasteiger partial charge in [-0.05, 0) is 30.5 Å². The summed E-state index contributed by atoms with van der Waals surface area (Å²) < 4.78 is 18.3. The molecule has 2 N–H and O–H groups in total. The maximum Gasteiger partial charge on any atom is 0.244 e. The lowest BCUT2D eigenvalue weighted by molar-refractivity contribution is 0.325. The molecule has 1 aromatic heterocycles. The van der Waals surface area contributed by atoms with Gasteiger partial charge < -0.3 is 10.3 Å². The first kappa shape index (κ1) is 12.7. The van der Waals surface area contributed by atoms with Crippen LogP contribution in [0.2, 0.25) is 0 Å². The second kappa shape index (κ2) is 4.86. The normalized spacial score (nSPS) is 13.0. The van der Waals surface area contributed by atoms with E-state index in [1.165, 1.54) is 12.1 Å². The van der Waals surface area contributed by atoms with Crippen LogP contribution < -0.4 is 5.73 Å². The quantitative estimate of drug-likeness (QED) is 0.908. The summed E-state index contributed by atoms with van der Waals surface area (Å²) in [6.45, 7) is 5.82. The number of aryl methyl sites for hydroxylation is 1. The number of nitrogens with zero attached hydrogens (tertiary/aromatic N) is 2. The molecule has 0 radical (unpaired) electrons. The fourth-order valence-electron chi connectivity index (χ4n) is 1.60. The van der Waals surface area contributed by atoms with E-state index in [-0.39, 0.29) is 17.8 Å². The Morgan fingerprint density at radius 2 is 2.06 bits per heavy atom. The minimum Gasteiger partial charge on any atom is -0.337 e. The summed E-state index contributed by atoms with van der Waals surface area (Å²) in [6, 6.07) is 4.17. The van der Waals surface area contributed by atoms with E-state index < -0.39 is 0 Å². The molecule has 0 unspecified atom stereocenters. The van der Waals surface area contributed by atoms with Gasteiger partial charge in [-0.15, -0.1) is 0 Å². The Morgan fingerprint density at radius 3 is 2.72 bits per heavy atom. The van der Waals surface area contributed by atoms with Crippen molar-refractivity contribution in [3.63, 3.8) is 0 Å². The average Bonchev–Trinajstić information content (AvgIpc) is 2.80. The highest BCUT2D eigenvalue weighted by Gasteiger charge is 2.19. The Kier molecular flexibility index (Phi) is 3.43. The lowest BCUT2D eigenvalue weighted by Crippen LogP contribution is -2.16. The number of aromatic nitrogens is 2. The summed E-state index contributed by atoms with van der Waals surface area (Å²) in [4.78, 5) is 4.23. The number of benzene rings is 1. The Balaban J connectivity index is 2.38. The van der Waals surface area contributed by atoms with Crippen molar-refractivity contribution in [3.05, 3.63) is 35.5 Å². The fraction of sp³-hybridized carbons (Fsp3) is 0.385. The Morgan fingerprint density at radius 1 is 1.33 bits per heavy atom. The summed E-state index contributed by atoms with van der Waals surface area (Å²) in [5.41, 5.74) is 7.44. The molecule has 18 heavy (non-hydrogen) atoms. The molecule has 0 aliphatic heterocycles. The first-order valence-corrected chi connectivity index (χ1v) is 5.84. The average molecular weight is 249 g/mol. The molecular formula is C13H16FN3O. The summed E-state index contributed by atoms with van der Waals surface area (Å²) >= 11 is 0. The molecule has 5 heteroatoms. The number of hydrogen-bond donors (Lipinski definition) is 1. The molecule has 1 atom stereocenters. The van der Waals surface area contributed by atoms with Crippen LogP contribution in [0.15, 0.2) is 22.7 Å². The van der Waals surface area contributed by atoms with Gasteiger partial charge in [-0.1, -0.05) is 25.1 Å². The van der Waals surface area contributed by atoms with Crippen molar-refractivity contribution in [2.24, 2.45) is 11.7 Å². The molecule has 1 aromatic carbocycles. The van der Waals surface area contributed by atoms with Crippen LogP contribution in [0.4, 0.5) is 4.39 Å². The summed E-state index contributed by atoms with van der Waals surface area (Å²) in [7, 11) is 0. The van der Waals surface area contributed by atoms with E-state index in [2.05, 4.69) is 10.1 Å². The predicted octanol–water partition coefficient (Wildman–Crippen LogP) is 2.84. The largest absolute Gasteiger partial charge is 0.337 e. The van der Waals surface area contributed by atoms with Gasteiger partial charge in [0.1, 0.15) is 5.82 Å². The van der Waals surface area contributed by atoms with Gasteiger partial charge in [0.05, 0.1) is 6.04 Å². The van der Waals surface area contributed by atoms with Crippen LogP contribution in [0.5, 0.6) is 0 Å². The first-order chi connectivity index (χ1) is 8.49. The van der Waals surface area contributed by atoms with Crippen molar-refractivity contribution in [1.82, 2.24) is 10.1 Å². The molecule has 0 aliphatic rings. The predicted molar refractivity (Wildman–Crippen MR) is 66.2 cm³/mol. The van der Waals surface area contributed by atoms with E-state index in [4.69, 9.17) is 10.3 Å². The van der Waals surface area contributed by atoms with Crippen molar-refractivity contribution in [3.8, 4) is 11.4 Å². The van der Waals surface area contributed by atoms with Crippen LogP contribution >= 0.6 is 0 Å². The zero-order valence-corrected chi connectivity index (χ0v) is 10.6. The maximum absolute atomic E-state index is 13.2. The summed E-state index contributed by atoms with van der Waals surface area (Å²) in [6.07, 6.45) is 0. The van der Waals surface area contributed by atoms with Crippen LogP contribution in [0.1, 0.15) is 31.3 Å². The molecule has 2 aromatic rings. The van der Waals surface area contributed by atoms with E-state index in [0.717, 1.165) is 5.56 Å². The van der Waals surface area contributed by atoms with Gasteiger partial charge >= 0.3 is 0 Å². The standard InChI is InChI=1S/C13H16FN3O/c1-7(2)11(15)13-16-12(17-18-13)10-6-9(14)5-4-8(10)3/h4-7,11H,15H2,1-3H3/t11-/m1/s1. The van der Waals surface area contributed by atoms with E-state index >= 15 is 0 Å². The van der Waals surface area contributed by atoms with Crippen LogP contribution in [-0.4, -0.2) is 10.1 Å². The second-order valence-corrected chi connectivity index (χ2v) is 4.69. The first-order valence-electron chi connectivity index (χ1n) is 5.84. The second-order valence-electron chi connectivity index (χ2n) is 4.69. The Hall–Kier alpha value is -1.75. The highest BCUT2D eigenvalue weighted by atomic mass is 19.1. The van der Waals surface area contributed by atoms with Crippen molar-refractivity contribution >= 4 is 0 Å². The SMILES string of the molecule is Cc1ccc(F)cc1-c1noc([C@H](N)C(C)C)n1. The van der Waals surface area contributed by atoms with Crippen molar-refractivity contribution in [2.45, 2.75) is 26.8 Å². The molecule has 0 aliphatic carbocycles. The lowest BCUT2D eigenvalue weighted by Gasteiger charge is -2.09. The Bertz CT molecular complexity index is 551. The molecule has 0 spiro atoms. The highest BCUT2D eigenvalue weighted by Crippen LogP contribution is 2.24. The van der Waals surface area contributed by atoms with E-state index in [0.29, 0.717) is 17.3 Å². The molecule has 4 nitrogen and oxygen atoms in total. The summed E-state index contributed by atoms with van der Waals surface area (Å²) in [5, 5.41) is 3.86. The molecule has 0 fully saturated rings. The van der Waals surface area contributed by atoms with Gasteiger partial charge in [0.2, 0.25) is 11.7 Å². The fourth-order valence-corrected chi connectivity index (χ4v) is 1.60. The Labute approximate surface area is 105 Å². The van der Waals surface area contributed by atoms with Gasteiger partial charge in [-0.3, -0.25) is 0 Å². The number of halogens is 1. The maximum atomic E-state index is 13.2. The lowest BCUT2D eigenvalue weighted by atomic mass is 10.1. The highest BCUT2D eigenvalue weighted by molar-refractivity contribution is 5.59. The van der Waals surface area contributed by atoms with Crippen molar-refractivity contribution in [2.75, 3.05) is 0 Å². The molecule has 0 saturated heterocycles. The molecule has 96 valence electrons. The van der Waals surface area contributed by atoms with Crippen LogP contribution in [0.3, 0.4) is 0 Å². The van der Waals surface area contributed by atoms with E-state index in [1.807, 2.05) is 20.8 Å². The smallest absolute Gasteiger partial charge is 0.244 e. The third kappa shape index (κ3) is 2.41. The minimum atomic E-state index is -0.324. The third-order valence-corrected chi connectivity index (χ3v) is 2.89. The van der Waals surface area contributed by atoms with Crippen LogP contribution in [-0.2, 0) is 0 Å². The third-order valence-electron chi connectivity index (χ3n) is 2.89.